The summed E-state index contributed by atoms with van der Waals surface area (Å²) in [6.07, 6.45) is 2.01. The number of nitrogens with zero attached hydrogens (tertiary/aromatic N) is 4. The number of anilines is 1. The standard InChI is InChI=1S/C21H23N5O2/c1-15-7-8-20(24-23-15)26-11-9-16(10-12-26)14-22-21(27)18-13-19(28-25-18)17-5-3-2-4-6-17/h2-8,13,16H,9-12,14H2,1H3,(H,22,27). The van der Waals surface area contributed by atoms with Gasteiger partial charge in [-0.15, -0.1) is 5.10 Å². The Hall–Kier alpha value is -3.22. The summed E-state index contributed by atoms with van der Waals surface area (Å²) in [4.78, 5) is 14.6. The largest absolute Gasteiger partial charge is 0.355 e. The predicted molar refractivity (Wildman–Crippen MR) is 106 cm³/mol. The number of carbonyl (C=O) groups excluding carboxylic acids is 1. The first-order chi connectivity index (χ1) is 13.7. The van der Waals surface area contributed by atoms with Crippen molar-refractivity contribution in [2.45, 2.75) is 19.8 Å². The number of rotatable bonds is 5. The van der Waals surface area contributed by atoms with Crippen LogP contribution in [0.3, 0.4) is 0 Å². The van der Waals surface area contributed by atoms with Gasteiger partial charge in [-0.25, -0.2) is 0 Å². The third-order valence-corrected chi connectivity index (χ3v) is 5.07. The Labute approximate surface area is 163 Å². The van der Waals surface area contributed by atoms with Crippen LogP contribution in [0.5, 0.6) is 0 Å². The molecule has 3 heterocycles. The van der Waals surface area contributed by atoms with Crippen molar-refractivity contribution in [3.8, 4) is 11.3 Å². The number of aryl methyl sites for hydroxylation is 1. The minimum atomic E-state index is -0.197. The number of benzene rings is 1. The number of aromatic nitrogens is 3. The summed E-state index contributed by atoms with van der Waals surface area (Å²) in [6.45, 7) is 4.41. The Kier molecular flexibility index (Phi) is 5.32. The minimum Gasteiger partial charge on any atom is -0.355 e. The number of hydrogen-bond acceptors (Lipinski definition) is 6. The second-order valence-corrected chi connectivity index (χ2v) is 7.12. The summed E-state index contributed by atoms with van der Waals surface area (Å²) >= 11 is 0. The average molecular weight is 377 g/mol. The number of nitrogens with one attached hydrogen (secondary N) is 1. The number of amides is 1. The van der Waals surface area contributed by atoms with Gasteiger partial charge in [0.2, 0.25) is 0 Å². The van der Waals surface area contributed by atoms with Gasteiger partial charge in [0.1, 0.15) is 0 Å². The van der Waals surface area contributed by atoms with E-state index in [2.05, 4.69) is 25.6 Å². The average Bonchev–Trinajstić information content (AvgIpc) is 3.24. The van der Waals surface area contributed by atoms with Crippen molar-refractivity contribution in [2.24, 2.45) is 5.92 Å². The Morgan fingerprint density at radius 1 is 1.14 bits per heavy atom. The molecular formula is C21H23N5O2. The molecule has 1 N–H and O–H groups in total. The predicted octanol–water partition coefficient (Wildman–Crippen LogP) is 3.09. The van der Waals surface area contributed by atoms with Gasteiger partial charge in [0.05, 0.1) is 5.69 Å². The van der Waals surface area contributed by atoms with Gasteiger partial charge in [0.15, 0.2) is 17.3 Å². The normalized spacial score (nSPS) is 14.8. The second kappa shape index (κ2) is 8.21. The van der Waals surface area contributed by atoms with Gasteiger partial charge in [-0.05, 0) is 37.8 Å². The zero-order valence-corrected chi connectivity index (χ0v) is 15.8. The first-order valence-electron chi connectivity index (χ1n) is 9.54. The third kappa shape index (κ3) is 4.19. The molecule has 1 amide bonds. The van der Waals surface area contributed by atoms with Crippen molar-refractivity contribution in [2.75, 3.05) is 24.5 Å². The van der Waals surface area contributed by atoms with Crippen LogP contribution in [0, 0.1) is 12.8 Å². The lowest BCUT2D eigenvalue weighted by Gasteiger charge is -2.32. The topological polar surface area (TPSA) is 84.2 Å². The summed E-state index contributed by atoms with van der Waals surface area (Å²) in [6, 6.07) is 15.3. The molecule has 1 fully saturated rings. The fourth-order valence-electron chi connectivity index (χ4n) is 3.38. The molecule has 0 unspecified atom stereocenters. The first-order valence-corrected chi connectivity index (χ1v) is 9.54. The van der Waals surface area contributed by atoms with Crippen LogP contribution in [-0.4, -0.2) is 40.9 Å². The molecule has 0 spiro atoms. The van der Waals surface area contributed by atoms with Gasteiger partial charge >= 0.3 is 0 Å². The quantitative estimate of drug-likeness (QED) is 0.736. The molecule has 1 saturated heterocycles. The van der Waals surface area contributed by atoms with E-state index in [4.69, 9.17) is 4.52 Å². The SMILES string of the molecule is Cc1ccc(N2CCC(CNC(=O)c3cc(-c4ccccc4)on3)CC2)nn1. The molecule has 144 valence electrons. The maximum absolute atomic E-state index is 12.4. The maximum Gasteiger partial charge on any atom is 0.273 e. The molecule has 7 nitrogen and oxygen atoms in total. The molecule has 2 aromatic heterocycles. The monoisotopic (exact) mass is 377 g/mol. The van der Waals surface area contributed by atoms with Crippen LogP contribution in [0.15, 0.2) is 53.1 Å². The Bertz CT molecular complexity index is 915. The molecule has 1 aliphatic rings. The summed E-state index contributed by atoms with van der Waals surface area (Å²) in [5.41, 5.74) is 2.14. The third-order valence-electron chi connectivity index (χ3n) is 5.07. The molecule has 0 aliphatic carbocycles. The van der Waals surface area contributed by atoms with Crippen LogP contribution in [0.25, 0.3) is 11.3 Å². The number of hydrogen-bond donors (Lipinski definition) is 1. The zero-order valence-electron chi connectivity index (χ0n) is 15.8. The Morgan fingerprint density at radius 2 is 1.93 bits per heavy atom. The van der Waals surface area contributed by atoms with Crippen molar-refractivity contribution < 1.29 is 9.32 Å². The smallest absolute Gasteiger partial charge is 0.273 e. The van der Waals surface area contributed by atoms with E-state index < -0.39 is 0 Å². The van der Waals surface area contributed by atoms with Gasteiger partial charge in [-0.2, -0.15) is 5.10 Å². The fourth-order valence-corrected chi connectivity index (χ4v) is 3.38. The van der Waals surface area contributed by atoms with Gasteiger partial charge in [0, 0.05) is 31.3 Å². The van der Waals surface area contributed by atoms with Crippen LogP contribution in [0.4, 0.5) is 5.82 Å². The fraction of sp³-hybridized carbons (Fsp3) is 0.333. The van der Waals surface area contributed by atoms with E-state index in [-0.39, 0.29) is 5.91 Å². The molecule has 3 aromatic rings. The van der Waals surface area contributed by atoms with E-state index in [9.17, 15) is 4.79 Å². The van der Waals surface area contributed by atoms with Crippen molar-refractivity contribution in [3.63, 3.8) is 0 Å². The molecule has 7 heteroatoms. The van der Waals surface area contributed by atoms with Crippen LogP contribution in [0.1, 0.15) is 29.0 Å². The van der Waals surface area contributed by atoms with Crippen LogP contribution >= 0.6 is 0 Å². The van der Waals surface area contributed by atoms with Crippen molar-refractivity contribution in [3.05, 3.63) is 59.9 Å². The molecule has 28 heavy (non-hydrogen) atoms. The highest BCUT2D eigenvalue weighted by Crippen LogP contribution is 2.22. The summed E-state index contributed by atoms with van der Waals surface area (Å²) in [7, 11) is 0. The number of carbonyl (C=O) groups is 1. The van der Waals surface area contributed by atoms with Crippen molar-refractivity contribution in [1.82, 2.24) is 20.7 Å². The molecule has 0 saturated carbocycles. The Balaban J connectivity index is 1.27. The van der Waals surface area contributed by atoms with Gasteiger partial charge in [-0.1, -0.05) is 35.5 Å². The molecule has 0 radical (unpaired) electrons. The molecule has 4 rings (SSSR count). The highest BCUT2D eigenvalue weighted by atomic mass is 16.5. The van der Waals surface area contributed by atoms with Gasteiger partial charge in [0.25, 0.3) is 5.91 Å². The van der Waals surface area contributed by atoms with E-state index >= 15 is 0 Å². The van der Waals surface area contributed by atoms with Crippen LogP contribution in [-0.2, 0) is 0 Å². The molecule has 1 aromatic carbocycles. The summed E-state index contributed by atoms with van der Waals surface area (Å²) in [5, 5.41) is 15.3. The van der Waals surface area contributed by atoms with E-state index in [1.165, 1.54) is 0 Å². The second-order valence-electron chi connectivity index (χ2n) is 7.12. The van der Waals surface area contributed by atoms with Crippen LogP contribution < -0.4 is 10.2 Å². The Morgan fingerprint density at radius 3 is 2.64 bits per heavy atom. The van der Waals surface area contributed by atoms with Crippen LogP contribution in [0.2, 0.25) is 0 Å². The lowest BCUT2D eigenvalue weighted by atomic mass is 9.96. The molecule has 0 atom stereocenters. The number of piperidine rings is 1. The highest BCUT2D eigenvalue weighted by molar-refractivity contribution is 5.93. The zero-order chi connectivity index (χ0) is 19.3. The minimum absolute atomic E-state index is 0.197. The van der Waals surface area contributed by atoms with Crippen molar-refractivity contribution >= 4 is 11.7 Å². The highest BCUT2D eigenvalue weighted by Gasteiger charge is 2.22. The molecule has 0 bridgehead atoms. The van der Waals surface area contributed by atoms with E-state index in [0.717, 1.165) is 43.0 Å². The van der Waals surface area contributed by atoms with Crippen molar-refractivity contribution in [1.29, 1.82) is 0 Å². The van der Waals surface area contributed by atoms with E-state index in [0.29, 0.717) is 23.9 Å². The van der Waals surface area contributed by atoms with E-state index in [1.807, 2.05) is 49.4 Å². The molecule has 1 aliphatic heterocycles. The lowest BCUT2D eigenvalue weighted by molar-refractivity contribution is 0.0936. The lowest BCUT2D eigenvalue weighted by Crippen LogP contribution is -2.39. The summed E-state index contributed by atoms with van der Waals surface area (Å²) < 4.78 is 5.30. The van der Waals surface area contributed by atoms with E-state index in [1.54, 1.807) is 6.07 Å². The summed E-state index contributed by atoms with van der Waals surface area (Å²) in [5.74, 6) is 1.76. The molecular weight excluding hydrogens is 354 g/mol. The maximum atomic E-state index is 12.4. The van der Waals surface area contributed by atoms with Gasteiger partial charge in [-0.3, -0.25) is 4.79 Å². The first kappa shape index (κ1) is 18.2. The van der Waals surface area contributed by atoms with Gasteiger partial charge < -0.3 is 14.7 Å².